The summed E-state index contributed by atoms with van der Waals surface area (Å²) >= 11 is 0. The van der Waals surface area contributed by atoms with Gasteiger partial charge in [-0.25, -0.2) is 17.6 Å². The highest BCUT2D eigenvalue weighted by Gasteiger charge is 2.39. The van der Waals surface area contributed by atoms with Gasteiger partial charge in [0.2, 0.25) is 0 Å². The molecule has 1 aliphatic carbocycles. The lowest BCUT2D eigenvalue weighted by Gasteiger charge is -2.30. The third-order valence-electron chi connectivity index (χ3n) is 6.60. The van der Waals surface area contributed by atoms with Crippen LogP contribution >= 0.6 is 0 Å². The normalized spacial score (nSPS) is 24.3. The zero-order valence-electron chi connectivity index (χ0n) is 18.9. The van der Waals surface area contributed by atoms with E-state index in [1.54, 1.807) is 24.3 Å². The Labute approximate surface area is 192 Å². The van der Waals surface area contributed by atoms with Crippen molar-refractivity contribution >= 4 is 0 Å². The zero-order valence-corrected chi connectivity index (χ0v) is 18.9. The summed E-state index contributed by atoms with van der Waals surface area (Å²) in [5.74, 6) is -1.36. The third-order valence-corrected chi connectivity index (χ3v) is 6.60. The molecule has 0 spiro atoms. The van der Waals surface area contributed by atoms with Crippen molar-refractivity contribution < 1.29 is 27.0 Å². The lowest BCUT2D eigenvalue weighted by atomic mass is 9.80. The summed E-state index contributed by atoms with van der Waals surface area (Å²) in [6.07, 6.45) is 0.732. The second-order valence-corrected chi connectivity index (χ2v) is 8.92. The van der Waals surface area contributed by atoms with E-state index in [1.165, 1.54) is 0 Å². The average Bonchev–Trinajstić information content (AvgIpc) is 2.82. The minimum Gasteiger partial charge on any atom is -0.352 e. The third kappa shape index (κ3) is 4.73. The highest BCUT2D eigenvalue weighted by Crippen LogP contribution is 2.51. The topological polar surface area (TPSA) is 18.5 Å². The van der Waals surface area contributed by atoms with Crippen molar-refractivity contribution in [3.63, 3.8) is 0 Å². The summed E-state index contributed by atoms with van der Waals surface area (Å²) in [7, 11) is 0. The van der Waals surface area contributed by atoms with Gasteiger partial charge in [0.15, 0.2) is 18.6 Å². The summed E-state index contributed by atoms with van der Waals surface area (Å²) in [5.41, 5.74) is 0.531. The predicted molar refractivity (Wildman–Crippen MR) is 120 cm³/mol. The van der Waals surface area contributed by atoms with Crippen LogP contribution in [0.15, 0.2) is 36.9 Å². The van der Waals surface area contributed by atoms with E-state index in [2.05, 4.69) is 6.58 Å². The molecule has 2 aromatic rings. The molecule has 1 saturated heterocycles. The van der Waals surface area contributed by atoms with Crippen LogP contribution < -0.4 is 0 Å². The summed E-state index contributed by atoms with van der Waals surface area (Å²) in [6.45, 7) is 6.60. The molecule has 1 heterocycles. The quantitative estimate of drug-likeness (QED) is 0.299. The van der Waals surface area contributed by atoms with Crippen LogP contribution in [0, 0.1) is 17.6 Å². The first-order valence-corrected chi connectivity index (χ1v) is 11.7. The Hall–Kier alpha value is -2.18. The van der Waals surface area contributed by atoms with Crippen LogP contribution in [-0.2, 0) is 22.3 Å². The van der Waals surface area contributed by atoms with E-state index in [0.717, 1.165) is 12.8 Å². The first-order chi connectivity index (χ1) is 16.0. The van der Waals surface area contributed by atoms with E-state index in [-0.39, 0.29) is 34.5 Å². The van der Waals surface area contributed by atoms with E-state index < -0.39 is 24.0 Å². The Kier molecular flexibility index (Phi) is 7.55. The molecule has 2 nitrogen and oxygen atoms in total. The highest BCUT2D eigenvalue weighted by molar-refractivity contribution is 5.76. The Balaban J connectivity index is 1.53. The van der Waals surface area contributed by atoms with Crippen LogP contribution in [0.2, 0.25) is 0 Å². The number of hydrogen-bond acceptors (Lipinski definition) is 2. The van der Waals surface area contributed by atoms with Gasteiger partial charge in [-0.1, -0.05) is 43.7 Å². The van der Waals surface area contributed by atoms with Gasteiger partial charge in [-0.3, -0.25) is 0 Å². The molecule has 178 valence electrons. The fourth-order valence-electron chi connectivity index (χ4n) is 4.76. The molecule has 0 radical (unpaired) electrons. The van der Waals surface area contributed by atoms with Gasteiger partial charge >= 0.3 is 0 Å². The van der Waals surface area contributed by atoms with Crippen LogP contribution in [0.1, 0.15) is 67.2 Å². The van der Waals surface area contributed by atoms with Crippen molar-refractivity contribution in [1.82, 2.24) is 0 Å². The number of ether oxygens (including phenoxy) is 2. The van der Waals surface area contributed by atoms with Crippen LogP contribution in [0.4, 0.5) is 17.6 Å². The highest BCUT2D eigenvalue weighted by atomic mass is 19.2. The molecule has 4 rings (SSSR count). The van der Waals surface area contributed by atoms with Crippen LogP contribution in [0.5, 0.6) is 0 Å². The predicted octanol–water partition coefficient (Wildman–Crippen LogP) is 7.51. The minimum absolute atomic E-state index is 0.0994. The lowest BCUT2D eigenvalue weighted by Crippen LogP contribution is -2.32. The van der Waals surface area contributed by atoms with Gasteiger partial charge in [0, 0.05) is 23.5 Å². The maximum absolute atomic E-state index is 15.4. The monoisotopic (exact) mass is 462 g/mol. The molecule has 0 saturated carbocycles. The molecule has 1 fully saturated rings. The SMILES string of the molecule is C=CCCC1OCC(CCc2ccc3c(c2F)C(F)C(F)c2c-3ccc(CCC)c2F)CO1. The standard InChI is InChI=1S/C27H30F4O2/c1-3-5-7-21-32-14-16(15-33-21)8-9-18-11-13-20-19-12-10-17(6-4-2)24(28)22(19)26(30)27(31)23(20)25(18)29/h3,10-13,16,21,26-27H,1,4-9,14-15H2,2H3. The molecule has 2 aromatic carbocycles. The van der Waals surface area contributed by atoms with Crippen molar-refractivity contribution in [3.05, 3.63) is 70.8 Å². The molecule has 2 unspecified atom stereocenters. The lowest BCUT2D eigenvalue weighted by molar-refractivity contribution is -0.203. The summed E-state index contributed by atoms with van der Waals surface area (Å²) in [5, 5.41) is 0. The second kappa shape index (κ2) is 10.4. The molecule has 0 aromatic heterocycles. The first kappa shape index (κ1) is 24.0. The van der Waals surface area contributed by atoms with Gasteiger partial charge in [0.05, 0.1) is 13.2 Å². The molecular weight excluding hydrogens is 432 g/mol. The number of fused-ring (bicyclic) bond motifs is 3. The van der Waals surface area contributed by atoms with Gasteiger partial charge in [-0.2, -0.15) is 0 Å². The average molecular weight is 463 g/mol. The number of alkyl halides is 2. The Morgan fingerprint density at radius 2 is 1.42 bits per heavy atom. The molecule has 2 aliphatic rings. The largest absolute Gasteiger partial charge is 0.352 e. The second-order valence-electron chi connectivity index (χ2n) is 8.92. The summed E-state index contributed by atoms with van der Waals surface area (Å²) < 4.78 is 71.8. The molecule has 2 atom stereocenters. The molecule has 6 heteroatoms. The van der Waals surface area contributed by atoms with Crippen LogP contribution in [0.25, 0.3) is 11.1 Å². The zero-order chi connectivity index (χ0) is 23.5. The maximum atomic E-state index is 15.4. The smallest absolute Gasteiger partial charge is 0.164 e. The van der Waals surface area contributed by atoms with Crippen LogP contribution in [-0.4, -0.2) is 19.5 Å². The van der Waals surface area contributed by atoms with Crippen molar-refractivity contribution in [2.24, 2.45) is 5.92 Å². The van der Waals surface area contributed by atoms with Crippen LogP contribution in [0.3, 0.4) is 0 Å². The van der Waals surface area contributed by atoms with Crippen molar-refractivity contribution in [3.8, 4) is 11.1 Å². The van der Waals surface area contributed by atoms with Gasteiger partial charge in [-0.05, 0) is 47.9 Å². The molecule has 33 heavy (non-hydrogen) atoms. The van der Waals surface area contributed by atoms with Crippen molar-refractivity contribution in [1.29, 1.82) is 0 Å². The van der Waals surface area contributed by atoms with Gasteiger partial charge in [-0.15, -0.1) is 6.58 Å². The number of benzene rings is 2. The van der Waals surface area contributed by atoms with E-state index in [4.69, 9.17) is 9.47 Å². The van der Waals surface area contributed by atoms with E-state index in [1.807, 2.05) is 13.0 Å². The molecule has 0 amide bonds. The minimum atomic E-state index is -2.24. The maximum Gasteiger partial charge on any atom is 0.164 e. The number of hydrogen-bond donors (Lipinski definition) is 0. The van der Waals surface area contributed by atoms with Gasteiger partial charge < -0.3 is 9.47 Å². The molecule has 0 N–H and O–H groups in total. The number of halogens is 4. The van der Waals surface area contributed by atoms with Crippen molar-refractivity contribution in [2.45, 2.75) is 64.1 Å². The van der Waals surface area contributed by atoms with Gasteiger partial charge in [0.25, 0.3) is 0 Å². The van der Waals surface area contributed by atoms with Crippen molar-refractivity contribution in [2.75, 3.05) is 13.2 Å². The van der Waals surface area contributed by atoms with Gasteiger partial charge in [0.1, 0.15) is 11.6 Å². The Morgan fingerprint density at radius 3 is 1.94 bits per heavy atom. The Morgan fingerprint density at radius 1 is 0.879 bits per heavy atom. The summed E-state index contributed by atoms with van der Waals surface area (Å²) in [4.78, 5) is 0. The number of aryl methyl sites for hydroxylation is 2. The fourth-order valence-corrected chi connectivity index (χ4v) is 4.76. The number of allylic oxidation sites excluding steroid dienone is 1. The number of rotatable bonds is 8. The van der Waals surface area contributed by atoms with E-state index >= 15 is 13.2 Å². The van der Waals surface area contributed by atoms with E-state index in [0.29, 0.717) is 50.0 Å². The van der Waals surface area contributed by atoms with E-state index in [9.17, 15) is 4.39 Å². The molecular formula is C27H30F4O2. The Bertz CT molecular complexity index is 998. The molecule has 0 bridgehead atoms. The fraction of sp³-hybridized carbons (Fsp3) is 0.481. The summed E-state index contributed by atoms with van der Waals surface area (Å²) in [6, 6.07) is 6.35. The first-order valence-electron chi connectivity index (χ1n) is 11.7. The molecule has 1 aliphatic heterocycles.